The van der Waals surface area contributed by atoms with Crippen LogP contribution in [-0.4, -0.2) is 19.7 Å². The molecule has 3 aromatic heterocycles. The van der Waals surface area contributed by atoms with Gasteiger partial charge in [-0.25, -0.2) is 0 Å². The molecule has 20 heavy (non-hydrogen) atoms. The van der Waals surface area contributed by atoms with Gasteiger partial charge in [0.1, 0.15) is 5.65 Å². The molecule has 3 rings (SSSR count). The van der Waals surface area contributed by atoms with Crippen LogP contribution < -0.4 is 5.56 Å². The zero-order chi connectivity index (χ0) is 14.4. The first-order valence-corrected chi connectivity index (χ1v) is 7.27. The number of aromatic hydroxyl groups is 1. The fourth-order valence-electron chi connectivity index (χ4n) is 2.42. The Morgan fingerprint density at radius 2 is 2.20 bits per heavy atom. The molecule has 2 N–H and O–H groups in total. The minimum Gasteiger partial charge on any atom is -0.493 e. The average Bonchev–Trinajstić information content (AvgIpc) is 2.95. The lowest BCUT2D eigenvalue weighted by molar-refractivity contribution is 0.422. The van der Waals surface area contributed by atoms with E-state index in [1.54, 1.807) is 11.3 Å². The third-order valence-electron chi connectivity index (χ3n) is 3.32. The molecule has 0 aliphatic heterocycles. The summed E-state index contributed by atoms with van der Waals surface area (Å²) in [6, 6.07) is 3.92. The van der Waals surface area contributed by atoms with Crippen molar-refractivity contribution in [2.45, 2.75) is 26.7 Å². The van der Waals surface area contributed by atoms with Crippen LogP contribution in [0.2, 0.25) is 0 Å². The summed E-state index contributed by atoms with van der Waals surface area (Å²) in [5, 5.41) is 16.6. The van der Waals surface area contributed by atoms with Gasteiger partial charge in [0.25, 0.3) is 5.56 Å². The van der Waals surface area contributed by atoms with Crippen molar-refractivity contribution < 1.29 is 5.11 Å². The molecule has 3 heterocycles. The van der Waals surface area contributed by atoms with Crippen LogP contribution in [0.4, 0.5) is 0 Å². The van der Waals surface area contributed by atoms with Crippen LogP contribution in [0.5, 0.6) is 5.88 Å². The molecule has 104 valence electrons. The van der Waals surface area contributed by atoms with Gasteiger partial charge >= 0.3 is 0 Å². The lowest BCUT2D eigenvalue weighted by Crippen LogP contribution is -2.17. The Morgan fingerprint density at radius 3 is 2.80 bits per heavy atom. The molecule has 0 fully saturated rings. The third kappa shape index (κ3) is 1.76. The predicted molar refractivity (Wildman–Crippen MR) is 79.6 cm³/mol. The van der Waals surface area contributed by atoms with Gasteiger partial charge in [0, 0.05) is 4.88 Å². The number of hydrogen-bond acceptors (Lipinski definition) is 4. The first kappa shape index (κ1) is 12.9. The van der Waals surface area contributed by atoms with Gasteiger partial charge in [-0.05, 0) is 24.3 Å². The molecule has 6 heteroatoms. The van der Waals surface area contributed by atoms with Gasteiger partial charge in [-0.15, -0.1) is 11.3 Å². The van der Waals surface area contributed by atoms with Crippen molar-refractivity contribution >= 4 is 17.0 Å². The van der Waals surface area contributed by atoms with Crippen molar-refractivity contribution in [2.75, 3.05) is 0 Å². The molecule has 0 bridgehead atoms. The number of hydrogen-bond donors (Lipinski definition) is 2. The second-order valence-corrected chi connectivity index (χ2v) is 5.99. The van der Waals surface area contributed by atoms with Crippen LogP contribution in [0.25, 0.3) is 16.1 Å². The standard InChI is InChI=1S/C14H15N3O2S/c1-7(2)10-13(18)15-12-11(9-5-4-6-20-9)8(3)16-17(12)14(10)19/h4-7,19H,1-3H3,(H,15,18). The Kier molecular flexibility index (Phi) is 2.90. The van der Waals surface area contributed by atoms with E-state index in [9.17, 15) is 9.90 Å². The van der Waals surface area contributed by atoms with E-state index in [1.165, 1.54) is 4.52 Å². The lowest BCUT2D eigenvalue weighted by atomic mass is 10.1. The van der Waals surface area contributed by atoms with Crippen molar-refractivity contribution in [1.82, 2.24) is 14.6 Å². The summed E-state index contributed by atoms with van der Waals surface area (Å²) in [5.74, 6) is -0.150. The van der Waals surface area contributed by atoms with Crippen LogP contribution in [0.1, 0.15) is 31.0 Å². The zero-order valence-electron chi connectivity index (χ0n) is 11.5. The Morgan fingerprint density at radius 1 is 1.45 bits per heavy atom. The second-order valence-electron chi connectivity index (χ2n) is 5.04. The zero-order valence-corrected chi connectivity index (χ0v) is 12.3. The maximum atomic E-state index is 12.2. The molecule has 0 aliphatic rings. The smallest absolute Gasteiger partial charge is 0.258 e. The van der Waals surface area contributed by atoms with E-state index in [2.05, 4.69) is 10.1 Å². The molecular formula is C14H15N3O2S. The highest BCUT2D eigenvalue weighted by Crippen LogP contribution is 2.33. The van der Waals surface area contributed by atoms with Crippen LogP contribution >= 0.6 is 11.3 Å². The summed E-state index contributed by atoms with van der Waals surface area (Å²) in [5.41, 5.74) is 2.28. The summed E-state index contributed by atoms with van der Waals surface area (Å²) >= 11 is 1.57. The first-order chi connectivity index (χ1) is 9.50. The Balaban J connectivity index is 2.42. The SMILES string of the molecule is Cc1nn2c(O)c(C(C)C)c(=O)[nH]c2c1-c1cccs1. The van der Waals surface area contributed by atoms with Crippen LogP contribution in [0, 0.1) is 6.92 Å². The highest BCUT2D eigenvalue weighted by molar-refractivity contribution is 7.13. The van der Waals surface area contributed by atoms with Gasteiger partial charge in [0.2, 0.25) is 5.88 Å². The monoisotopic (exact) mass is 289 g/mol. The Hall–Kier alpha value is -2.08. The van der Waals surface area contributed by atoms with Gasteiger partial charge in [-0.1, -0.05) is 19.9 Å². The summed E-state index contributed by atoms with van der Waals surface area (Å²) in [7, 11) is 0. The highest BCUT2D eigenvalue weighted by Gasteiger charge is 2.20. The van der Waals surface area contributed by atoms with E-state index in [1.807, 2.05) is 38.3 Å². The number of rotatable bonds is 2. The van der Waals surface area contributed by atoms with E-state index < -0.39 is 0 Å². The summed E-state index contributed by atoms with van der Waals surface area (Å²) in [4.78, 5) is 16.0. The molecule has 5 nitrogen and oxygen atoms in total. The van der Waals surface area contributed by atoms with Gasteiger partial charge in [0.05, 0.1) is 16.8 Å². The molecule has 0 atom stereocenters. The highest BCUT2D eigenvalue weighted by atomic mass is 32.1. The first-order valence-electron chi connectivity index (χ1n) is 6.39. The lowest BCUT2D eigenvalue weighted by Gasteiger charge is -2.08. The molecule has 0 amide bonds. The topological polar surface area (TPSA) is 70.4 Å². The number of aromatic amines is 1. The maximum Gasteiger partial charge on any atom is 0.258 e. The van der Waals surface area contributed by atoms with Crippen LogP contribution in [-0.2, 0) is 0 Å². The van der Waals surface area contributed by atoms with Gasteiger partial charge in [-0.2, -0.15) is 9.61 Å². The third-order valence-corrected chi connectivity index (χ3v) is 4.21. The molecule has 0 spiro atoms. The van der Waals surface area contributed by atoms with Crippen LogP contribution in [0.3, 0.4) is 0 Å². The molecule has 0 saturated heterocycles. The van der Waals surface area contributed by atoms with Crippen molar-refractivity contribution in [3.8, 4) is 16.3 Å². The van der Waals surface area contributed by atoms with Crippen molar-refractivity contribution in [3.63, 3.8) is 0 Å². The van der Waals surface area contributed by atoms with Gasteiger partial charge in [-0.3, -0.25) is 4.79 Å². The maximum absolute atomic E-state index is 12.2. The summed E-state index contributed by atoms with van der Waals surface area (Å²) < 4.78 is 1.42. The van der Waals surface area contributed by atoms with E-state index >= 15 is 0 Å². The summed E-state index contributed by atoms with van der Waals surface area (Å²) in [6.45, 7) is 5.61. The average molecular weight is 289 g/mol. The normalized spacial score (nSPS) is 11.6. The number of thiophene rings is 1. The number of aryl methyl sites for hydroxylation is 1. The molecule has 0 unspecified atom stereocenters. The van der Waals surface area contributed by atoms with Crippen molar-refractivity contribution in [1.29, 1.82) is 0 Å². The van der Waals surface area contributed by atoms with Gasteiger partial charge < -0.3 is 10.1 Å². The number of aromatic nitrogens is 3. The van der Waals surface area contributed by atoms with Crippen molar-refractivity contribution in [2.24, 2.45) is 0 Å². The Labute approximate surface area is 119 Å². The fourth-order valence-corrected chi connectivity index (χ4v) is 3.25. The van der Waals surface area contributed by atoms with E-state index in [4.69, 9.17) is 0 Å². The number of nitrogens with zero attached hydrogens (tertiary/aromatic N) is 2. The predicted octanol–water partition coefficient (Wildman–Crippen LogP) is 2.89. The number of H-pyrrole nitrogens is 1. The molecule has 0 aliphatic carbocycles. The minimum absolute atomic E-state index is 0.0714. The molecular weight excluding hydrogens is 274 g/mol. The molecule has 0 aromatic carbocycles. The minimum atomic E-state index is -0.261. The quantitative estimate of drug-likeness (QED) is 0.762. The Bertz CT molecular complexity index is 828. The number of nitrogens with one attached hydrogen (secondary N) is 1. The second kappa shape index (κ2) is 4.49. The van der Waals surface area contributed by atoms with Crippen molar-refractivity contribution in [3.05, 3.63) is 39.1 Å². The molecule has 0 saturated carbocycles. The molecule has 3 aromatic rings. The number of fused-ring (bicyclic) bond motifs is 1. The van der Waals surface area contributed by atoms with E-state index in [-0.39, 0.29) is 17.4 Å². The van der Waals surface area contributed by atoms with Crippen LogP contribution in [0.15, 0.2) is 22.3 Å². The van der Waals surface area contributed by atoms with Gasteiger partial charge in [0.15, 0.2) is 0 Å². The van der Waals surface area contributed by atoms with E-state index in [0.717, 1.165) is 16.1 Å². The fraction of sp³-hybridized carbons (Fsp3) is 0.286. The molecule has 0 radical (unpaired) electrons. The largest absolute Gasteiger partial charge is 0.493 e. The summed E-state index contributed by atoms with van der Waals surface area (Å²) in [6.07, 6.45) is 0. The van der Waals surface area contributed by atoms with E-state index in [0.29, 0.717) is 11.2 Å².